The van der Waals surface area contributed by atoms with E-state index >= 15 is 0 Å². The molecule has 0 saturated heterocycles. The molecule has 104 valence electrons. The zero-order valence-electron chi connectivity index (χ0n) is 10.9. The summed E-state index contributed by atoms with van der Waals surface area (Å²) in [5.41, 5.74) is 1.32. The zero-order valence-corrected chi connectivity index (χ0v) is 11.6. The van der Waals surface area contributed by atoms with E-state index in [0.29, 0.717) is 22.9 Å². The van der Waals surface area contributed by atoms with E-state index in [1.54, 1.807) is 6.33 Å². The maximum atomic E-state index is 10.8. The first-order chi connectivity index (χ1) is 9.65. The highest BCUT2D eigenvalue weighted by atomic mass is 35.5. The number of nitrogens with zero attached hydrogens (tertiary/aromatic N) is 4. The van der Waals surface area contributed by atoms with Crippen LogP contribution in [0.2, 0.25) is 5.15 Å². The van der Waals surface area contributed by atoms with Gasteiger partial charge in [-0.1, -0.05) is 23.8 Å². The first-order valence-corrected chi connectivity index (χ1v) is 6.67. The maximum Gasteiger partial charge on any atom is 0.302 e. The Hall–Kier alpha value is -1.95. The van der Waals surface area contributed by atoms with Gasteiger partial charge in [-0.25, -0.2) is 15.0 Å². The smallest absolute Gasteiger partial charge is 0.302 e. The molecule has 0 aliphatic heterocycles. The Balaban J connectivity index is 1.79. The maximum absolute atomic E-state index is 10.8. The van der Waals surface area contributed by atoms with E-state index in [4.69, 9.17) is 16.3 Å². The molecular weight excluding hydrogens is 280 g/mol. The first kappa shape index (κ1) is 13.1. The average molecular weight is 293 g/mol. The molecular formula is C13H13ClN4O2. The van der Waals surface area contributed by atoms with Gasteiger partial charge in [0.1, 0.15) is 11.8 Å². The van der Waals surface area contributed by atoms with Crippen molar-refractivity contribution in [2.75, 3.05) is 6.61 Å². The number of hydrogen-bond acceptors (Lipinski definition) is 5. The predicted molar refractivity (Wildman–Crippen MR) is 73.3 cm³/mol. The van der Waals surface area contributed by atoms with Gasteiger partial charge in [-0.3, -0.25) is 4.79 Å². The first-order valence-electron chi connectivity index (χ1n) is 6.30. The number of rotatable bonds is 3. The third-order valence-corrected chi connectivity index (χ3v) is 3.60. The van der Waals surface area contributed by atoms with Gasteiger partial charge in [0.05, 0.1) is 19.0 Å². The molecule has 0 aromatic carbocycles. The topological polar surface area (TPSA) is 69.9 Å². The average Bonchev–Trinajstić information content (AvgIpc) is 3.02. The van der Waals surface area contributed by atoms with Crippen LogP contribution in [0, 0.1) is 5.92 Å². The van der Waals surface area contributed by atoms with Crippen LogP contribution in [0.15, 0.2) is 24.8 Å². The Morgan fingerprint density at radius 1 is 1.45 bits per heavy atom. The second kappa shape index (κ2) is 5.20. The normalized spacial score (nSPS) is 21.5. The number of imidazole rings is 1. The zero-order chi connectivity index (χ0) is 14.1. The van der Waals surface area contributed by atoms with E-state index in [-0.39, 0.29) is 17.9 Å². The highest BCUT2D eigenvalue weighted by molar-refractivity contribution is 6.33. The molecule has 1 aliphatic carbocycles. The van der Waals surface area contributed by atoms with E-state index < -0.39 is 0 Å². The van der Waals surface area contributed by atoms with Crippen molar-refractivity contribution < 1.29 is 9.53 Å². The molecule has 1 aliphatic rings. The molecule has 0 unspecified atom stereocenters. The number of carbonyl (C=O) groups excluding carboxylic acids is 1. The summed E-state index contributed by atoms with van der Waals surface area (Å²) in [6.45, 7) is 1.82. The highest BCUT2D eigenvalue weighted by Crippen LogP contribution is 2.30. The lowest BCUT2D eigenvalue weighted by Gasteiger charge is -2.13. The Morgan fingerprint density at radius 2 is 2.30 bits per heavy atom. The van der Waals surface area contributed by atoms with Gasteiger partial charge in [-0.05, 0) is 6.42 Å². The van der Waals surface area contributed by atoms with Gasteiger partial charge >= 0.3 is 5.97 Å². The van der Waals surface area contributed by atoms with Gasteiger partial charge in [-0.2, -0.15) is 0 Å². The van der Waals surface area contributed by atoms with Crippen molar-refractivity contribution in [1.29, 1.82) is 0 Å². The van der Waals surface area contributed by atoms with E-state index in [9.17, 15) is 4.79 Å². The molecule has 0 radical (unpaired) electrons. The molecule has 2 heterocycles. The van der Waals surface area contributed by atoms with Gasteiger partial charge in [0.25, 0.3) is 0 Å². The van der Waals surface area contributed by atoms with E-state index in [0.717, 1.165) is 6.42 Å². The van der Waals surface area contributed by atoms with Crippen molar-refractivity contribution in [3.05, 3.63) is 30.0 Å². The van der Waals surface area contributed by atoms with Crippen LogP contribution in [-0.2, 0) is 9.53 Å². The van der Waals surface area contributed by atoms with E-state index in [2.05, 4.69) is 27.1 Å². The summed E-state index contributed by atoms with van der Waals surface area (Å²) in [5.74, 6) is -0.0342. The van der Waals surface area contributed by atoms with Crippen LogP contribution in [0.25, 0.3) is 11.2 Å². The quantitative estimate of drug-likeness (QED) is 0.492. The molecule has 0 spiro atoms. The van der Waals surface area contributed by atoms with Crippen molar-refractivity contribution in [3.8, 4) is 0 Å². The number of aromatic nitrogens is 4. The van der Waals surface area contributed by atoms with Crippen LogP contribution in [0.5, 0.6) is 0 Å². The minimum atomic E-state index is -0.255. The monoisotopic (exact) mass is 292 g/mol. The van der Waals surface area contributed by atoms with Crippen LogP contribution >= 0.6 is 11.6 Å². The SMILES string of the molecule is CC(=O)OC[C@@H]1C=C[C@H](n2cnc3c(Cl)ncnc32)C1. The molecule has 0 saturated carbocycles. The van der Waals surface area contributed by atoms with Gasteiger partial charge < -0.3 is 9.30 Å². The fraction of sp³-hybridized carbons (Fsp3) is 0.385. The van der Waals surface area contributed by atoms with Gasteiger partial charge in [0.2, 0.25) is 0 Å². The van der Waals surface area contributed by atoms with Crippen LogP contribution in [0.4, 0.5) is 0 Å². The molecule has 0 bridgehead atoms. The summed E-state index contributed by atoms with van der Waals surface area (Å²) >= 11 is 5.99. The lowest BCUT2D eigenvalue weighted by Crippen LogP contribution is -2.11. The minimum absolute atomic E-state index is 0.145. The molecule has 0 amide bonds. The lowest BCUT2D eigenvalue weighted by molar-refractivity contribution is -0.141. The molecule has 0 fully saturated rings. The molecule has 6 nitrogen and oxygen atoms in total. The lowest BCUT2D eigenvalue weighted by atomic mass is 10.1. The third kappa shape index (κ3) is 2.38. The van der Waals surface area contributed by atoms with Gasteiger partial charge in [0.15, 0.2) is 10.8 Å². The summed E-state index contributed by atoms with van der Waals surface area (Å²) in [4.78, 5) is 23.2. The van der Waals surface area contributed by atoms with E-state index in [1.165, 1.54) is 13.3 Å². The van der Waals surface area contributed by atoms with E-state index in [1.807, 2.05) is 4.57 Å². The van der Waals surface area contributed by atoms with Crippen LogP contribution < -0.4 is 0 Å². The number of hydrogen-bond donors (Lipinski definition) is 0. The number of esters is 1. The molecule has 7 heteroatoms. The largest absolute Gasteiger partial charge is 0.465 e. The molecule has 2 aromatic rings. The minimum Gasteiger partial charge on any atom is -0.465 e. The van der Waals surface area contributed by atoms with Crippen molar-refractivity contribution in [1.82, 2.24) is 19.5 Å². The second-order valence-corrected chi connectivity index (χ2v) is 5.10. The number of allylic oxidation sites excluding steroid dienone is 1. The van der Waals surface area contributed by atoms with Gasteiger partial charge in [0, 0.05) is 12.8 Å². The summed E-state index contributed by atoms with van der Waals surface area (Å²) < 4.78 is 7.00. The molecule has 2 aromatic heterocycles. The summed E-state index contributed by atoms with van der Waals surface area (Å²) in [7, 11) is 0. The summed E-state index contributed by atoms with van der Waals surface area (Å²) in [5, 5.41) is 0.354. The Labute approximate surface area is 120 Å². The number of fused-ring (bicyclic) bond motifs is 1. The molecule has 20 heavy (non-hydrogen) atoms. The highest BCUT2D eigenvalue weighted by Gasteiger charge is 2.23. The molecule has 0 N–H and O–H groups in total. The standard InChI is InChI=1S/C13H13ClN4O2/c1-8(19)20-5-9-2-3-10(4-9)18-7-17-11-12(14)15-6-16-13(11)18/h2-3,6-7,9-10H,4-5H2,1H3/t9-,10+/m1/s1. The van der Waals surface area contributed by atoms with Crippen LogP contribution in [0.3, 0.4) is 0 Å². The van der Waals surface area contributed by atoms with Crippen molar-refractivity contribution >= 4 is 28.7 Å². The summed E-state index contributed by atoms with van der Waals surface area (Å²) in [6.07, 6.45) is 8.13. The van der Waals surface area contributed by atoms with Crippen LogP contribution in [0.1, 0.15) is 19.4 Å². The predicted octanol–water partition coefficient (Wildman–Crippen LogP) is 2.16. The molecule has 3 rings (SSSR count). The van der Waals surface area contributed by atoms with Gasteiger partial charge in [-0.15, -0.1) is 0 Å². The summed E-state index contributed by atoms with van der Waals surface area (Å²) in [6, 6.07) is 0.145. The number of ether oxygens (including phenoxy) is 1. The number of halogens is 1. The fourth-order valence-electron chi connectivity index (χ4n) is 2.37. The molecule has 2 atom stereocenters. The van der Waals surface area contributed by atoms with Crippen molar-refractivity contribution in [3.63, 3.8) is 0 Å². The van der Waals surface area contributed by atoms with Crippen LogP contribution in [-0.4, -0.2) is 32.1 Å². The third-order valence-electron chi connectivity index (χ3n) is 3.32. The Kier molecular flexibility index (Phi) is 3.40. The number of carbonyl (C=O) groups is 1. The second-order valence-electron chi connectivity index (χ2n) is 4.74. The van der Waals surface area contributed by atoms with Crippen molar-refractivity contribution in [2.24, 2.45) is 5.92 Å². The van der Waals surface area contributed by atoms with Crippen molar-refractivity contribution in [2.45, 2.75) is 19.4 Å². The fourth-order valence-corrected chi connectivity index (χ4v) is 2.55. The Morgan fingerprint density at radius 3 is 3.10 bits per heavy atom. The Bertz CT molecular complexity index is 682.